The van der Waals surface area contributed by atoms with Gasteiger partial charge in [-0.3, -0.25) is 9.48 Å². The molecular weight excluding hydrogens is 180 g/mol. The van der Waals surface area contributed by atoms with Crippen molar-refractivity contribution in [1.82, 2.24) is 15.1 Å². The predicted molar refractivity (Wildman–Crippen MR) is 53.3 cm³/mol. The van der Waals surface area contributed by atoms with Gasteiger partial charge in [-0.1, -0.05) is 6.92 Å². The number of nitrogens with zero attached hydrogens (tertiary/aromatic N) is 2. The number of nitrogens with one attached hydrogen (secondary N) is 1. The zero-order chi connectivity index (χ0) is 10.6. The topological polar surface area (TPSA) is 72.9 Å². The Kier molecular flexibility index (Phi) is 3.64. The van der Waals surface area contributed by atoms with Gasteiger partial charge in [0.05, 0.1) is 12.2 Å². The quantitative estimate of drug-likeness (QED) is 0.699. The number of carbonyl (C=O) groups is 1. The molecule has 0 bridgehead atoms. The molecule has 1 unspecified atom stereocenters. The third kappa shape index (κ3) is 2.85. The molecule has 0 spiro atoms. The summed E-state index contributed by atoms with van der Waals surface area (Å²) in [6.45, 7) is 2.37. The van der Waals surface area contributed by atoms with Crippen molar-refractivity contribution in [1.29, 1.82) is 0 Å². The Morgan fingerprint density at radius 1 is 1.79 bits per heavy atom. The number of hydrogen-bond donors (Lipinski definition) is 2. The lowest BCUT2D eigenvalue weighted by atomic mass is 10.2. The molecule has 1 aromatic heterocycles. The van der Waals surface area contributed by atoms with Crippen LogP contribution in [0.5, 0.6) is 0 Å². The number of nitrogens with two attached hydrogens (primary N) is 1. The fraction of sp³-hybridized carbons (Fsp3) is 0.556. The second-order valence-electron chi connectivity index (χ2n) is 3.25. The first-order chi connectivity index (χ1) is 6.63. The highest BCUT2D eigenvalue weighted by Gasteiger charge is 2.09. The van der Waals surface area contributed by atoms with Crippen molar-refractivity contribution in [2.75, 3.05) is 0 Å². The van der Waals surface area contributed by atoms with Crippen LogP contribution in [0.25, 0.3) is 0 Å². The summed E-state index contributed by atoms with van der Waals surface area (Å²) in [6.07, 6.45) is 4.23. The first-order valence-electron chi connectivity index (χ1n) is 4.64. The van der Waals surface area contributed by atoms with Crippen LogP contribution in [0.4, 0.5) is 0 Å². The normalized spacial score (nSPS) is 12.5. The van der Waals surface area contributed by atoms with Crippen molar-refractivity contribution in [2.24, 2.45) is 12.8 Å². The monoisotopic (exact) mass is 196 g/mol. The minimum atomic E-state index is -0.410. The summed E-state index contributed by atoms with van der Waals surface area (Å²) in [6, 6.07) is -0.410. The summed E-state index contributed by atoms with van der Waals surface area (Å²) in [7, 11) is 1.84. The molecule has 1 amide bonds. The number of rotatable bonds is 4. The molecule has 78 valence electrons. The number of carbonyl (C=O) groups excluding carboxylic acids is 1. The van der Waals surface area contributed by atoms with Crippen LogP contribution in [0.2, 0.25) is 0 Å². The summed E-state index contributed by atoms with van der Waals surface area (Å²) in [5.41, 5.74) is 6.53. The first-order valence-corrected chi connectivity index (χ1v) is 4.64. The Bertz CT molecular complexity index is 308. The van der Waals surface area contributed by atoms with E-state index in [9.17, 15) is 4.79 Å². The molecule has 3 N–H and O–H groups in total. The second kappa shape index (κ2) is 4.76. The van der Waals surface area contributed by atoms with E-state index in [1.165, 1.54) is 0 Å². The van der Waals surface area contributed by atoms with E-state index in [1.807, 2.05) is 20.2 Å². The smallest absolute Gasteiger partial charge is 0.237 e. The van der Waals surface area contributed by atoms with Crippen molar-refractivity contribution in [3.05, 3.63) is 18.0 Å². The summed E-state index contributed by atoms with van der Waals surface area (Å²) >= 11 is 0. The molecule has 1 atom stereocenters. The Hall–Kier alpha value is -1.36. The van der Waals surface area contributed by atoms with Gasteiger partial charge in [-0.05, 0) is 6.42 Å². The lowest BCUT2D eigenvalue weighted by molar-refractivity contribution is -0.122. The molecule has 0 saturated carbocycles. The highest BCUT2D eigenvalue weighted by atomic mass is 16.2. The van der Waals surface area contributed by atoms with Gasteiger partial charge in [0.1, 0.15) is 0 Å². The maximum Gasteiger partial charge on any atom is 0.237 e. The standard InChI is InChI=1S/C9H16N4O/c1-3-8(10)9(14)11-4-7-5-12-13(2)6-7/h5-6,8H,3-4,10H2,1-2H3,(H,11,14). The molecule has 0 aromatic carbocycles. The first kappa shape index (κ1) is 10.7. The van der Waals surface area contributed by atoms with Crippen molar-refractivity contribution in [3.63, 3.8) is 0 Å². The zero-order valence-electron chi connectivity index (χ0n) is 8.53. The molecule has 0 aliphatic heterocycles. The molecule has 1 rings (SSSR count). The molecule has 0 fully saturated rings. The fourth-order valence-electron chi connectivity index (χ4n) is 1.07. The Balaban J connectivity index is 2.37. The van der Waals surface area contributed by atoms with Crippen LogP contribution < -0.4 is 11.1 Å². The summed E-state index contributed by atoms with van der Waals surface area (Å²) in [5, 5.41) is 6.74. The largest absolute Gasteiger partial charge is 0.351 e. The van der Waals surface area contributed by atoms with E-state index >= 15 is 0 Å². The Labute approximate surface area is 83.3 Å². The maximum absolute atomic E-state index is 11.3. The Morgan fingerprint density at radius 3 is 3.00 bits per heavy atom. The molecular formula is C9H16N4O. The zero-order valence-corrected chi connectivity index (χ0v) is 8.53. The number of amides is 1. The van der Waals surface area contributed by atoms with Crippen molar-refractivity contribution in [3.8, 4) is 0 Å². The van der Waals surface area contributed by atoms with E-state index in [4.69, 9.17) is 5.73 Å². The van der Waals surface area contributed by atoms with E-state index in [1.54, 1.807) is 10.9 Å². The van der Waals surface area contributed by atoms with E-state index in [0.717, 1.165) is 5.56 Å². The average molecular weight is 196 g/mol. The fourth-order valence-corrected chi connectivity index (χ4v) is 1.07. The molecule has 0 saturated heterocycles. The highest BCUT2D eigenvalue weighted by Crippen LogP contribution is 1.95. The van der Waals surface area contributed by atoms with Crippen LogP contribution in [0.15, 0.2) is 12.4 Å². The van der Waals surface area contributed by atoms with Crippen LogP contribution in [0, 0.1) is 0 Å². The molecule has 0 aliphatic rings. The van der Waals surface area contributed by atoms with Gasteiger partial charge >= 0.3 is 0 Å². The van der Waals surface area contributed by atoms with Gasteiger partial charge in [-0.25, -0.2) is 0 Å². The van der Waals surface area contributed by atoms with Gasteiger partial charge < -0.3 is 11.1 Å². The van der Waals surface area contributed by atoms with E-state index in [-0.39, 0.29) is 5.91 Å². The average Bonchev–Trinajstić information content (AvgIpc) is 2.59. The molecule has 1 heterocycles. The van der Waals surface area contributed by atoms with Crippen LogP contribution in [0.3, 0.4) is 0 Å². The minimum absolute atomic E-state index is 0.114. The van der Waals surface area contributed by atoms with Crippen molar-refractivity contribution < 1.29 is 4.79 Å². The number of hydrogen-bond acceptors (Lipinski definition) is 3. The van der Waals surface area contributed by atoms with Crippen molar-refractivity contribution in [2.45, 2.75) is 25.9 Å². The summed E-state index contributed by atoms with van der Waals surface area (Å²) < 4.78 is 1.70. The van der Waals surface area contributed by atoms with Gasteiger partial charge in [-0.15, -0.1) is 0 Å². The van der Waals surface area contributed by atoms with Gasteiger partial charge in [0.2, 0.25) is 5.91 Å². The van der Waals surface area contributed by atoms with E-state index in [0.29, 0.717) is 13.0 Å². The Morgan fingerprint density at radius 2 is 2.50 bits per heavy atom. The number of aryl methyl sites for hydroxylation is 1. The van der Waals surface area contributed by atoms with Gasteiger partial charge in [0.25, 0.3) is 0 Å². The van der Waals surface area contributed by atoms with Crippen LogP contribution in [0.1, 0.15) is 18.9 Å². The third-order valence-electron chi connectivity index (χ3n) is 2.00. The minimum Gasteiger partial charge on any atom is -0.351 e. The maximum atomic E-state index is 11.3. The van der Waals surface area contributed by atoms with Crippen LogP contribution >= 0.6 is 0 Å². The molecule has 5 nitrogen and oxygen atoms in total. The highest BCUT2D eigenvalue weighted by molar-refractivity contribution is 5.81. The SMILES string of the molecule is CCC(N)C(=O)NCc1cnn(C)c1. The summed E-state index contributed by atoms with van der Waals surface area (Å²) in [4.78, 5) is 11.3. The molecule has 14 heavy (non-hydrogen) atoms. The second-order valence-corrected chi connectivity index (χ2v) is 3.25. The number of aromatic nitrogens is 2. The van der Waals surface area contributed by atoms with Crippen molar-refractivity contribution >= 4 is 5.91 Å². The summed E-state index contributed by atoms with van der Waals surface area (Å²) in [5.74, 6) is -0.114. The molecule has 1 aromatic rings. The van der Waals surface area contributed by atoms with Crippen LogP contribution in [-0.4, -0.2) is 21.7 Å². The van der Waals surface area contributed by atoms with E-state index < -0.39 is 6.04 Å². The molecule has 0 aliphatic carbocycles. The lowest BCUT2D eigenvalue weighted by Crippen LogP contribution is -2.39. The molecule has 5 heteroatoms. The molecule has 0 radical (unpaired) electrons. The van der Waals surface area contributed by atoms with Crippen LogP contribution in [-0.2, 0) is 18.4 Å². The van der Waals surface area contributed by atoms with Gasteiger partial charge in [-0.2, -0.15) is 5.10 Å². The van der Waals surface area contributed by atoms with Gasteiger partial charge in [0.15, 0.2) is 0 Å². The third-order valence-corrected chi connectivity index (χ3v) is 2.00. The van der Waals surface area contributed by atoms with Gasteiger partial charge in [0, 0.05) is 25.4 Å². The predicted octanol–water partition coefficient (Wildman–Crippen LogP) is -0.226. The lowest BCUT2D eigenvalue weighted by Gasteiger charge is -2.08. The van der Waals surface area contributed by atoms with E-state index in [2.05, 4.69) is 10.4 Å².